The molecule has 5 fully saturated rings. The summed E-state index contributed by atoms with van der Waals surface area (Å²) in [6.45, 7) is 4.84. The Labute approximate surface area is 322 Å². The second-order valence-corrected chi connectivity index (χ2v) is 18.6. The Balaban J connectivity index is 0.989. The standard InChI is InChI=1S/C53H53N/c1-52(2)50-26-17-41(47-14-8-12-40-11-6-7-13-46(40)47)30-49(50)48-25-24-45(31-51(48)52)54(43-20-15-39(16-21-43)38-9-4-3-5-10-38)44-22-18-42(19-23-44)53-32-35-27-36(33-53)29-37(28-35)34-53/h6-8,11-26,30-31,35-38H,3-5,9-10,27-29,32-34H2,1-2H3. The fourth-order valence-corrected chi connectivity index (χ4v) is 12.7. The van der Waals surface area contributed by atoms with Crippen LogP contribution in [-0.2, 0) is 10.8 Å². The normalized spacial score (nSPS) is 25.1. The van der Waals surface area contributed by atoms with E-state index in [-0.39, 0.29) is 5.41 Å². The molecule has 1 heteroatoms. The molecule has 0 heterocycles. The van der Waals surface area contributed by atoms with E-state index in [9.17, 15) is 0 Å². The highest BCUT2D eigenvalue weighted by Crippen LogP contribution is 2.61. The van der Waals surface area contributed by atoms with Crippen molar-refractivity contribution >= 4 is 27.8 Å². The number of benzene rings is 6. The molecule has 54 heavy (non-hydrogen) atoms. The van der Waals surface area contributed by atoms with Crippen molar-refractivity contribution < 1.29 is 0 Å². The van der Waals surface area contributed by atoms with Crippen LogP contribution in [0.4, 0.5) is 17.1 Å². The van der Waals surface area contributed by atoms with E-state index in [1.165, 1.54) is 137 Å². The Bertz CT molecular complexity index is 2330. The van der Waals surface area contributed by atoms with Crippen LogP contribution in [-0.4, -0.2) is 0 Å². The van der Waals surface area contributed by atoms with Crippen LogP contribution in [0.2, 0.25) is 0 Å². The lowest BCUT2D eigenvalue weighted by atomic mass is 9.48. The molecule has 0 N–H and O–H groups in total. The Kier molecular flexibility index (Phi) is 7.56. The maximum Gasteiger partial charge on any atom is 0.0465 e. The molecule has 0 unspecified atom stereocenters. The molecule has 0 aromatic heterocycles. The predicted octanol–water partition coefficient (Wildman–Crippen LogP) is 14.8. The first-order valence-electron chi connectivity index (χ1n) is 21.2. The van der Waals surface area contributed by atoms with E-state index in [1.807, 2.05) is 0 Å². The van der Waals surface area contributed by atoms with Gasteiger partial charge < -0.3 is 4.90 Å². The zero-order chi connectivity index (χ0) is 36.0. The molecule has 0 amide bonds. The van der Waals surface area contributed by atoms with Gasteiger partial charge in [-0.3, -0.25) is 0 Å². The first-order valence-corrected chi connectivity index (χ1v) is 21.2. The van der Waals surface area contributed by atoms with Crippen LogP contribution in [0, 0.1) is 17.8 Å². The maximum atomic E-state index is 2.54. The largest absolute Gasteiger partial charge is 0.310 e. The van der Waals surface area contributed by atoms with E-state index in [2.05, 4.69) is 146 Å². The summed E-state index contributed by atoms with van der Waals surface area (Å²) < 4.78 is 0. The van der Waals surface area contributed by atoms with Gasteiger partial charge in [-0.25, -0.2) is 0 Å². The molecule has 1 nitrogen and oxygen atoms in total. The number of anilines is 3. The Morgan fingerprint density at radius 2 is 1.17 bits per heavy atom. The molecule has 270 valence electrons. The second kappa shape index (κ2) is 12.5. The van der Waals surface area contributed by atoms with E-state index in [0.717, 1.165) is 17.8 Å². The highest BCUT2D eigenvalue weighted by molar-refractivity contribution is 5.98. The summed E-state index contributed by atoms with van der Waals surface area (Å²) in [5.74, 6) is 3.57. The topological polar surface area (TPSA) is 3.24 Å². The van der Waals surface area contributed by atoms with Gasteiger partial charge in [0.2, 0.25) is 0 Å². The number of hydrogen-bond acceptors (Lipinski definition) is 1. The summed E-state index contributed by atoms with van der Waals surface area (Å²) in [4.78, 5) is 2.54. The van der Waals surface area contributed by atoms with Crippen molar-refractivity contribution in [2.24, 2.45) is 17.8 Å². The molecule has 6 aliphatic carbocycles. The first-order chi connectivity index (χ1) is 26.4. The van der Waals surface area contributed by atoms with Gasteiger partial charge in [0.25, 0.3) is 0 Å². The second-order valence-electron chi connectivity index (χ2n) is 18.6. The lowest BCUT2D eigenvalue weighted by Gasteiger charge is -2.57. The van der Waals surface area contributed by atoms with Crippen LogP contribution in [0.5, 0.6) is 0 Å². The third-order valence-corrected chi connectivity index (χ3v) is 15.0. The average Bonchev–Trinajstić information content (AvgIpc) is 3.43. The van der Waals surface area contributed by atoms with Crippen molar-refractivity contribution in [2.45, 2.75) is 101 Å². The van der Waals surface area contributed by atoms with Gasteiger partial charge in [0.1, 0.15) is 0 Å². The van der Waals surface area contributed by atoms with Crippen molar-refractivity contribution in [2.75, 3.05) is 4.90 Å². The van der Waals surface area contributed by atoms with Crippen LogP contribution in [0.15, 0.2) is 127 Å². The molecule has 6 aliphatic rings. The molecule has 5 saturated carbocycles. The molecule has 0 atom stereocenters. The lowest BCUT2D eigenvalue weighted by Crippen LogP contribution is -2.48. The third-order valence-electron chi connectivity index (χ3n) is 15.0. The van der Waals surface area contributed by atoms with Crippen LogP contribution in [0.1, 0.15) is 113 Å². The minimum absolute atomic E-state index is 0.100. The van der Waals surface area contributed by atoms with Gasteiger partial charge in [0.05, 0.1) is 0 Å². The monoisotopic (exact) mass is 703 g/mol. The highest BCUT2D eigenvalue weighted by atomic mass is 15.1. The van der Waals surface area contributed by atoms with Crippen LogP contribution in [0.3, 0.4) is 0 Å². The minimum Gasteiger partial charge on any atom is -0.310 e. The molecule has 6 aromatic rings. The first kappa shape index (κ1) is 32.8. The van der Waals surface area contributed by atoms with Gasteiger partial charge in [-0.1, -0.05) is 118 Å². The molecule has 6 aromatic carbocycles. The van der Waals surface area contributed by atoms with Crippen molar-refractivity contribution in [1.82, 2.24) is 0 Å². The molecule has 4 bridgehead atoms. The smallest absolute Gasteiger partial charge is 0.0465 e. The van der Waals surface area contributed by atoms with Crippen LogP contribution < -0.4 is 4.90 Å². The highest BCUT2D eigenvalue weighted by Gasteiger charge is 2.51. The van der Waals surface area contributed by atoms with Gasteiger partial charge in [-0.05, 0) is 178 Å². The summed E-state index contributed by atoms with van der Waals surface area (Å²) in [6.07, 6.45) is 15.5. The van der Waals surface area contributed by atoms with Crippen molar-refractivity contribution in [1.29, 1.82) is 0 Å². The van der Waals surface area contributed by atoms with Crippen molar-refractivity contribution in [3.63, 3.8) is 0 Å². The molecule has 0 radical (unpaired) electrons. The summed E-state index contributed by atoms with van der Waals surface area (Å²) in [6, 6.07) is 49.6. The van der Waals surface area contributed by atoms with E-state index in [4.69, 9.17) is 0 Å². The molecule has 0 aliphatic heterocycles. The quantitative estimate of drug-likeness (QED) is 0.167. The predicted molar refractivity (Wildman–Crippen MR) is 227 cm³/mol. The SMILES string of the molecule is CC1(C)c2ccc(-c3cccc4ccccc34)cc2-c2ccc(N(c3ccc(C4CCCCC4)cc3)c3ccc(C45CC6CC(CC(C6)C4)C5)cc3)cc21. The Morgan fingerprint density at radius 3 is 1.89 bits per heavy atom. The Morgan fingerprint density at radius 1 is 0.519 bits per heavy atom. The fraction of sp³-hybridized carbons (Fsp3) is 0.358. The van der Waals surface area contributed by atoms with Gasteiger partial charge in [0, 0.05) is 22.5 Å². The zero-order valence-electron chi connectivity index (χ0n) is 32.2. The maximum absolute atomic E-state index is 2.54. The molecular weight excluding hydrogens is 651 g/mol. The average molecular weight is 704 g/mol. The number of nitrogens with zero attached hydrogens (tertiary/aromatic N) is 1. The zero-order valence-corrected chi connectivity index (χ0v) is 32.2. The number of rotatable bonds is 6. The summed E-state index contributed by atoms with van der Waals surface area (Å²) in [5, 5.41) is 2.60. The molecule has 0 spiro atoms. The van der Waals surface area contributed by atoms with Crippen LogP contribution in [0.25, 0.3) is 33.0 Å². The fourth-order valence-electron chi connectivity index (χ4n) is 12.7. The van der Waals surface area contributed by atoms with Crippen LogP contribution >= 0.6 is 0 Å². The van der Waals surface area contributed by atoms with Gasteiger partial charge >= 0.3 is 0 Å². The minimum atomic E-state index is -0.100. The Hall–Kier alpha value is -4.62. The van der Waals surface area contributed by atoms with E-state index >= 15 is 0 Å². The van der Waals surface area contributed by atoms with Gasteiger partial charge in [-0.2, -0.15) is 0 Å². The van der Waals surface area contributed by atoms with Gasteiger partial charge in [0.15, 0.2) is 0 Å². The summed E-state index contributed by atoms with van der Waals surface area (Å²) >= 11 is 0. The molecular formula is C53H53N. The molecule has 0 saturated heterocycles. The van der Waals surface area contributed by atoms with E-state index in [0.29, 0.717) is 11.3 Å². The third kappa shape index (κ3) is 5.25. The number of fused-ring (bicyclic) bond motifs is 4. The lowest BCUT2D eigenvalue weighted by molar-refractivity contribution is -0.00518. The van der Waals surface area contributed by atoms with E-state index in [1.54, 1.807) is 5.56 Å². The number of hydrogen-bond donors (Lipinski definition) is 0. The van der Waals surface area contributed by atoms with Crippen molar-refractivity contribution in [3.05, 3.63) is 150 Å². The van der Waals surface area contributed by atoms with Crippen molar-refractivity contribution in [3.8, 4) is 22.3 Å². The molecule has 12 rings (SSSR count). The van der Waals surface area contributed by atoms with Gasteiger partial charge in [-0.15, -0.1) is 0 Å². The summed E-state index contributed by atoms with van der Waals surface area (Å²) in [5.41, 5.74) is 15.4. The summed E-state index contributed by atoms with van der Waals surface area (Å²) in [7, 11) is 0. The van der Waals surface area contributed by atoms with E-state index < -0.39 is 0 Å².